The highest BCUT2D eigenvalue weighted by molar-refractivity contribution is 9.10. The number of piperidine rings is 1. The Morgan fingerprint density at radius 1 is 1.21 bits per heavy atom. The molecule has 2 aromatic rings. The highest BCUT2D eigenvalue weighted by Gasteiger charge is 2.15. The van der Waals surface area contributed by atoms with Gasteiger partial charge in [-0.05, 0) is 53.4 Å². The zero-order valence-electron chi connectivity index (χ0n) is 13.5. The first-order valence-electron chi connectivity index (χ1n) is 7.89. The Morgan fingerprint density at radius 3 is 2.75 bits per heavy atom. The van der Waals surface area contributed by atoms with Crippen LogP contribution in [0.25, 0.3) is 0 Å². The van der Waals surface area contributed by atoms with Crippen molar-refractivity contribution in [1.29, 1.82) is 0 Å². The number of rotatable bonds is 4. The molecule has 3 rings (SSSR count). The molecule has 0 spiro atoms. The van der Waals surface area contributed by atoms with Gasteiger partial charge in [0.2, 0.25) is 0 Å². The van der Waals surface area contributed by atoms with Crippen LogP contribution in [0.15, 0.2) is 35.1 Å². The molecule has 2 heterocycles. The van der Waals surface area contributed by atoms with Crippen molar-refractivity contribution in [3.05, 3.63) is 40.6 Å². The number of carbonyl (C=O) groups excluding carboxylic acids is 1. The molecule has 6 nitrogen and oxygen atoms in total. The van der Waals surface area contributed by atoms with Crippen molar-refractivity contribution in [3.63, 3.8) is 0 Å². The summed E-state index contributed by atoms with van der Waals surface area (Å²) in [5, 5.41) is 2.83. The Morgan fingerprint density at radius 2 is 2.00 bits per heavy atom. The Balaban J connectivity index is 1.77. The maximum absolute atomic E-state index is 12.5. The van der Waals surface area contributed by atoms with Crippen molar-refractivity contribution in [2.45, 2.75) is 19.3 Å². The average molecular weight is 391 g/mol. The Bertz CT molecular complexity index is 732. The Labute approximate surface area is 149 Å². The van der Waals surface area contributed by atoms with E-state index >= 15 is 0 Å². The summed E-state index contributed by atoms with van der Waals surface area (Å²) in [7, 11) is 1.57. The number of nitrogens with one attached hydrogen (secondary N) is 1. The molecule has 1 aliphatic rings. The molecule has 1 aromatic carbocycles. The molecule has 0 atom stereocenters. The number of anilines is 2. The largest absolute Gasteiger partial charge is 0.497 e. The van der Waals surface area contributed by atoms with E-state index < -0.39 is 0 Å². The molecule has 24 heavy (non-hydrogen) atoms. The van der Waals surface area contributed by atoms with E-state index in [1.807, 2.05) is 6.07 Å². The van der Waals surface area contributed by atoms with E-state index in [0.29, 0.717) is 21.6 Å². The maximum atomic E-state index is 12.5. The van der Waals surface area contributed by atoms with E-state index in [1.54, 1.807) is 25.3 Å². The lowest BCUT2D eigenvalue weighted by Crippen LogP contribution is -2.30. The van der Waals surface area contributed by atoms with Crippen molar-refractivity contribution in [1.82, 2.24) is 9.97 Å². The molecule has 126 valence electrons. The van der Waals surface area contributed by atoms with Crippen LogP contribution in [0.1, 0.15) is 29.6 Å². The third kappa shape index (κ3) is 3.84. The summed E-state index contributed by atoms with van der Waals surface area (Å²) < 4.78 is 5.88. The number of aromatic nitrogens is 2. The zero-order chi connectivity index (χ0) is 16.9. The molecule has 0 unspecified atom stereocenters. The first-order valence-corrected chi connectivity index (χ1v) is 8.68. The monoisotopic (exact) mass is 390 g/mol. The molecule has 0 saturated carbocycles. The van der Waals surface area contributed by atoms with Crippen LogP contribution in [0, 0.1) is 0 Å². The third-order valence-corrected chi connectivity index (χ3v) is 4.68. The van der Waals surface area contributed by atoms with Crippen LogP contribution >= 0.6 is 15.9 Å². The molecular formula is C17H19BrN4O2. The second-order valence-electron chi connectivity index (χ2n) is 5.61. The maximum Gasteiger partial charge on any atom is 0.258 e. The lowest BCUT2D eigenvalue weighted by Gasteiger charge is -2.27. The summed E-state index contributed by atoms with van der Waals surface area (Å²) in [6.07, 6.45) is 5.08. The van der Waals surface area contributed by atoms with Gasteiger partial charge in [-0.15, -0.1) is 0 Å². The number of nitrogens with zero attached hydrogens (tertiary/aromatic N) is 3. The number of carbonyl (C=O) groups is 1. The predicted molar refractivity (Wildman–Crippen MR) is 96.7 cm³/mol. The van der Waals surface area contributed by atoms with Crippen LogP contribution < -0.4 is 15.0 Å². The van der Waals surface area contributed by atoms with Gasteiger partial charge in [-0.3, -0.25) is 4.79 Å². The fraction of sp³-hybridized carbons (Fsp3) is 0.353. The summed E-state index contributed by atoms with van der Waals surface area (Å²) in [5.74, 6) is 1.72. The van der Waals surface area contributed by atoms with E-state index in [2.05, 4.69) is 36.1 Å². The zero-order valence-corrected chi connectivity index (χ0v) is 15.0. The number of methoxy groups -OCH3 is 1. The van der Waals surface area contributed by atoms with Gasteiger partial charge in [0.05, 0.1) is 12.7 Å². The van der Waals surface area contributed by atoms with Crippen molar-refractivity contribution in [3.8, 4) is 5.75 Å². The number of ether oxygens (including phenoxy) is 1. The van der Waals surface area contributed by atoms with Gasteiger partial charge in [0, 0.05) is 23.6 Å². The highest BCUT2D eigenvalue weighted by atomic mass is 79.9. The number of halogens is 1. The quantitative estimate of drug-likeness (QED) is 0.864. The van der Waals surface area contributed by atoms with Gasteiger partial charge in [0.15, 0.2) is 0 Å². The molecule has 1 N–H and O–H groups in total. The molecule has 1 aliphatic heterocycles. The lowest BCUT2D eigenvalue weighted by atomic mass is 10.1. The summed E-state index contributed by atoms with van der Waals surface area (Å²) >= 11 is 3.39. The van der Waals surface area contributed by atoms with Gasteiger partial charge in [-0.2, -0.15) is 0 Å². The minimum absolute atomic E-state index is 0.246. The Hall–Kier alpha value is -2.15. The highest BCUT2D eigenvalue weighted by Crippen LogP contribution is 2.24. The van der Waals surface area contributed by atoms with Crippen LogP contribution in [-0.2, 0) is 0 Å². The van der Waals surface area contributed by atoms with E-state index in [4.69, 9.17) is 4.74 Å². The molecule has 0 aliphatic carbocycles. The summed E-state index contributed by atoms with van der Waals surface area (Å²) in [6.45, 7) is 1.98. The SMILES string of the molecule is COc1ccc(Br)c(C(=O)Nc2cc(N3CCCCC3)ncn2)c1. The van der Waals surface area contributed by atoms with Gasteiger partial charge < -0.3 is 15.0 Å². The normalized spacial score (nSPS) is 14.3. The van der Waals surface area contributed by atoms with Crippen molar-refractivity contribution in [2.75, 3.05) is 30.4 Å². The third-order valence-electron chi connectivity index (χ3n) is 3.99. The van der Waals surface area contributed by atoms with Crippen LogP contribution in [0.5, 0.6) is 5.75 Å². The van der Waals surface area contributed by atoms with Gasteiger partial charge >= 0.3 is 0 Å². The van der Waals surface area contributed by atoms with Crippen LogP contribution in [0.3, 0.4) is 0 Å². The van der Waals surface area contributed by atoms with Crippen molar-refractivity contribution in [2.24, 2.45) is 0 Å². The summed E-state index contributed by atoms with van der Waals surface area (Å²) in [5.41, 5.74) is 0.493. The smallest absolute Gasteiger partial charge is 0.258 e. The molecule has 0 radical (unpaired) electrons. The second kappa shape index (κ2) is 7.61. The van der Waals surface area contributed by atoms with Crippen molar-refractivity contribution >= 4 is 33.5 Å². The average Bonchev–Trinajstić information content (AvgIpc) is 2.63. The minimum atomic E-state index is -0.246. The van der Waals surface area contributed by atoms with Crippen LogP contribution in [-0.4, -0.2) is 36.1 Å². The standard InChI is InChI=1S/C17H19BrN4O2/c1-24-12-5-6-14(18)13(9-12)17(23)21-15-10-16(20-11-19-15)22-7-3-2-4-8-22/h5-6,9-11H,2-4,7-8H2,1H3,(H,19,20,21,23). The number of amides is 1. The fourth-order valence-electron chi connectivity index (χ4n) is 2.70. The first-order chi connectivity index (χ1) is 11.7. The van der Waals surface area contributed by atoms with E-state index in [-0.39, 0.29) is 5.91 Å². The second-order valence-corrected chi connectivity index (χ2v) is 6.46. The fourth-order valence-corrected chi connectivity index (χ4v) is 3.13. The molecular weight excluding hydrogens is 372 g/mol. The molecule has 1 fully saturated rings. The molecule has 1 aromatic heterocycles. The molecule has 7 heteroatoms. The first kappa shape index (κ1) is 16.7. The topological polar surface area (TPSA) is 67.3 Å². The van der Waals surface area contributed by atoms with Crippen LogP contribution in [0.2, 0.25) is 0 Å². The van der Waals surface area contributed by atoms with Crippen LogP contribution in [0.4, 0.5) is 11.6 Å². The van der Waals surface area contributed by atoms with Gasteiger partial charge in [-0.25, -0.2) is 9.97 Å². The number of benzene rings is 1. The van der Waals surface area contributed by atoms with Crippen molar-refractivity contribution < 1.29 is 9.53 Å². The predicted octanol–water partition coefficient (Wildman–Crippen LogP) is 3.49. The van der Waals surface area contributed by atoms with Gasteiger partial charge in [0.1, 0.15) is 23.7 Å². The van der Waals surface area contributed by atoms with Gasteiger partial charge in [-0.1, -0.05) is 0 Å². The summed E-state index contributed by atoms with van der Waals surface area (Å²) in [4.78, 5) is 23.2. The van der Waals surface area contributed by atoms with E-state index in [0.717, 1.165) is 18.9 Å². The Kier molecular flexibility index (Phi) is 5.30. The van der Waals surface area contributed by atoms with E-state index in [1.165, 1.54) is 25.6 Å². The molecule has 0 bridgehead atoms. The minimum Gasteiger partial charge on any atom is -0.497 e. The van der Waals surface area contributed by atoms with Gasteiger partial charge in [0.25, 0.3) is 5.91 Å². The molecule has 1 amide bonds. The molecule has 1 saturated heterocycles. The lowest BCUT2D eigenvalue weighted by molar-refractivity contribution is 0.102. The van der Waals surface area contributed by atoms with E-state index in [9.17, 15) is 4.79 Å². The number of hydrogen-bond donors (Lipinski definition) is 1. The summed E-state index contributed by atoms with van der Waals surface area (Å²) in [6, 6.07) is 7.08. The number of hydrogen-bond acceptors (Lipinski definition) is 5.